The van der Waals surface area contributed by atoms with Gasteiger partial charge in [0.05, 0.1) is 21.3 Å². The first-order chi connectivity index (χ1) is 16.4. The molecule has 0 spiro atoms. The molecule has 1 amide bonds. The number of rotatable bonds is 5. The molecule has 6 nitrogen and oxygen atoms in total. The minimum Gasteiger partial charge on any atom is -0.484 e. The molecule has 0 saturated heterocycles. The minimum atomic E-state index is -0.246. The molecule has 8 heteroatoms. The van der Waals surface area contributed by atoms with Crippen molar-refractivity contribution in [2.45, 2.75) is 13.8 Å². The molecule has 0 aliphatic carbocycles. The number of nitrogens with zero attached hydrogens (tertiary/aromatic N) is 2. The Bertz CT molecular complexity index is 1660. The molecule has 0 atom stereocenters. The first kappa shape index (κ1) is 22.3. The highest BCUT2D eigenvalue weighted by Gasteiger charge is 2.11. The fourth-order valence-corrected chi connectivity index (χ4v) is 5.18. The number of fused-ring (bicyclic) bond motifs is 3. The molecule has 0 aliphatic rings. The van der Waals surface area contributed by atoms with Crippen LogP contribution in [0.15, 0.2) is 69.9 Å². The number of ether oxygens (including phenoxy) is 1. The van der Waals surface area contributed by atoms with Crippen molar-refractivity contribution in [2.24, 2.45) is 0 Å². The summed E-state index contributed by atoms with van der Waals surface area (Å²) in [5.74, 6) is 0.325. The van der Waals surface area contributed by atoms with Crippen molar-refractivity contribution in [3.63, 3.8) is 0 Å². The van der Waals surface area contributed by atoms with Gasteiger partial charge in [-0.05, 0) is 88.9 Å². The van der Waals surface area contributed by atoms with E-state index in [1.165, 1.54) is 11.3 Å². The molecule has 5 rings (SSSR count). The molecule has 0 bridgehead atoms. The molecular formula is C26H20BrN3O3S. The molecule has 0 saturated carbocycles. The third-order valence-electron chi connectivity index (χ3n) is 5.55. The van der Waals surface area contributed by atoms with Crippen LogP contribution < -0.4 is 20.1 Å². The van der Waals surface area contributed by atoms with Gasteiger partial charge in [-0.15, -0.1) is 0 Å². The zero-order chi connectivity index (χ0) is 23.8. The van der Waals surface area contributed by atoms with Gasteiger partial charge in [0.25, 0.3) is 11.5 Å². The van der Waals surface area contributed by atoms with Gasteiger partial charge in [0.15, 0.2) is 11.6 Å². The van der Waals surface area contributed by atoms with Gasteiger partial charge in [0, 0.05) is 4.47 Å². The van der Waals surface area contributed by atoms with Crippen LogP contribution in [0.4, 0.5) is 5.69 Å². The molecule has 2 aromatic heterocycles. The summed E-state index contributed by atoms with van der Waals surface area (Å²) in [7, 11) is 0. The maximum Gasteiger partial charge on any atom is 0.274 e. The standard InChI is InChI=1S/C26H20BrN3O3S/c1-15-11-19(27)21(12-16(15)2)28-24(31)14-33-18-9-7-17(8-10-18)13-23-25(32)30-22-6-4-3-5-20(22)29-26(30)34-23/h3-13H,14H2,1-2H3,(H,28,31)/b23-13-. The molecule has 0 radical (unpaired) electrons. The second-order valence-corrected chi connectivity index (χ2v) is 9.82. The molecule has 0 fully saturated rings. The Kier molecular flexibility index (Phi) is 5.93. The van der Waals surface area contributed by atoms with Gasteiger partial charge < -0.3 is 10.1 Å². The topological polar surface area (TPSA) is 72.7 Å². The number of thiazole rings is 1. The van der Waals surface area contributed by atoms with Crippen LogP contribution in [-0.4, -0.2) is 21.9 Å². The molecule has 5 aromatic rings. The average Bonchev–Trinajstić information content (AvgIpc) is 3.33. The van der Waals surface area contributed by atoms with E-state index < -0.39 is 0 Å². The van der Waals surface area contributed by atoms with Crippen molar-refractivity contribution in [2.75, 3.05) is 11.9 Å². The SMILES string of the molecule is Cc1cc(Br)c(NC(=O)COc2ccc(/C=c3\sc4nc5ccccc5n4c3=O)cc2)cc1C. The maximum atomic E-state index is 12.9. The number of carbonyl (C=O) groups is 1. The van der Waals surface area contributed by atoms with E-state index in [-0.39, 0.29) is 18.1 Å². The Morgan fingerprint density at radius 1 is 1.12 bits per heavy atom. The van der Waals surface area contributed by atoms with Gasteiger partial charge in [0.1, 0.15) is 5.75 Å². The highest BCUT2D eigenvalue weighted by molar-refractivity contribution is 9.10. The first-order valence-corrected chi connectivity index (χ1v) is 12.2. The number of para-hydroxylation sites is 2. The van der Waals surface area contributed by atoms with Gasteiger partial charge >= 0.3 is 0 Å². The van der Waals surface area contributed by atoms with E-state index in [0.29, 0.717) is 20.9 Å². The van der Waals surface area contributed by atoms with E-state index in [2.05, 4.69) is 26.2 Å². The van der Waals surface area contributed by atoms with E-state index in [1.54, 1.807) is 16.5 Å². The number of carbonyl (C=O) groups excluding carboxylic acids is 1. The highest BCUT2D eigenvalue weighted by atomic mass is 79.9. The number of aromatic nitrogens is 2. The minimum absolute atomic E-state index is 0.0804. The number of imidazole rings is 1. The Labute approximate surface area is 207 Å². The second-order valence-electron chi connectivity index (χ2n) is 7.96. The molecule has 0 aliphatic heterocycles. The summed E-state index contributed by atoms with van der Waals surface area (Å²) >= 11 is 4.84. The Hall–Kier alpha value is -3.49. The predicted molar refractivity (Wildman–Crippen MR) is 140 cm³/mol. The number of nitrogens with one attached hydrogen (secondary N) is 1. The molecule has 2 heterocycles. The molecular weight excluding hydrogens is 514 g/mol. The van der Waals surface area contributed by atoms with Gasteiger partial charge in [-0.3, -0.25) is 9.59 Å². The molecule has 0 unspecified atom stereocenters. The molecule has 1 N–H and O–H groups in total. The zero-order valence-electron chi connectivity index (χ0n) is 18.5. The van der Waals surface area contributed by atoms with E-state index in [4.69, 9.17) is 4.74 Å². The van der Waals surface area contributed by atoms with Crippen molar-refractivity contribution in [3.8, 4) is 5.75 Å². The summed E-state index contributed by atoms with van der Waals surface area (Å²) in [5, 5.41) is 2.86. The molecule has 34 heavy (non-hydrogen) atoms. The summed E-state index contributed by atoms with van der Waals surface area (Å²) in [5.41, 5.74) is 5.36. The number of aryl methyl sites for hydroxylation is 2. The second kappa shape index (κ2) is 9.04. The third kappa shape index (κ3) is 4.34. The largest absolute Gasteiger partial charge is 0.484 e. The Morgan fingerprint density at radius 3 is 2.65 bits per heavy atom. The third-order valence-corrected chi connectivity index (χ3v) is 7.18. The predicted octanol–water partition coefficient (Wildman–Crippen LogP) is 4.85. The number of halogens is 1. The van der Waals surface area contributed by atoms with Gasteiger partial charge in [-0.2, -0.15) is 0 Å². The number of anilines is 1. The quantitative estimate of drug-likeness (QED) is 0.350. The normalized spacial score (nSPS) is 11.9. The van der Waals surface area contributed by atoms with Gasteiger partial charge in [-0.1, -0.05) is 35.6 Å². The fourth-order valence-electron chi connectivity index (χ4n) is 3.64. The van der Waals surface area contributed by atoms with Crippen LogP contribution in [0, 0.1) is 13.8 Å². The summed E-state index contributed by atoms with van der Waals surface area (Å²) in [6.45, 7) is 3.91. The van der Waals surface area contributed by atoms with Crippen LogP contribution >= 0.6 is 27.3 Å². The maximum absolute atomic E-state index is 12.9. The van der Waals surface area contributed by atoms with Crippen molar-refractivity contribution in [1.82, 2.24) is 9.38 Å². The van der Waals surface area contributed by atoms with E-state index in [0.717, 1.165) is 32.2 Å². The lowest BCUT2D eigenvalue weighted by Crippen LogP contribution is -2.22. The van der Waals surface area contributed by atoms with Crippen molar-refractivity contribution in [3.05, 3.63) is 96.7 Å². The smallest absolute Gasteiger partial charge is 0.274 e. The summed E-state index contributed by atoms with van der Waals surface area (Å²) in [6, 6.07) is 18.8. The first-order valence-electron chi connectivity index (χ1n) is 10.6. The Morgan fingerprint density at radius 2 is 1.85 bits per heavy atom. The van der Waals surface area contributed by atoms with Crippen molar-refractivity contribution >= 4 is 60.9 Å². The van der Waals surface area contributed by atoms with Crippen molar-refractivity contribution in [1.29, 1.82) is 0 Å². The summed E-state index contributed by atoms with van der Waals surface area (Å²) < 4.78 is 8.72. The van der Waals surface area contributed by atoms with Crippen LogP contribution in [-0.2, 0) is 4.79 Å². The Balaban J connectivity index is 1.28. The van der Waals surface area contributed by atoms with Crippen LogP contribution in [0.5, 0.6) is 5.75 Å². The lowest BCUT2D eigenvalue weighted by atomic mass is 10.1. The van der Waals surface area contributed by atoms with E-state index >= 15 is 0 Å². The fraction of sp³-hybridized carbons (Fsp3) is 0.115. The number of amides is 1. The number of benzene rings is 3. The van der Waals surface area contributed by atoms with Crippen molar-refractivity contribution < 1.29 is 9.53 Å². The van der Waals surface area contributed by atoms with Gasteiger partial charge in [0.2, 0.25) is 0 Å². The average molecular weight is 534 g/mol. The summed E-state index contributed by atoms with van der Waals surface area (Å²) in [6.07, 6.45) is 1.84. The zero-order valence-corrected chi connectivity index (χ0v) is 20.9. The van der Waals surface area contributed by atoms with Crippen LogP contribution in [0.25, 0.3) is 22.1 Å². The number of hydrogen-bond acceptors (Lipinski definition) is 5. The van der Waals surface area contributed by atoms with Crippen LogP contribution in [0.2, 0.25) is 0 Å². The lowest BCUT2D eigenvalue weighted by Gasteiger charge is -2.11. The summed E-state index contributed by atoms with van der Waals surface area (Å²) in [4.78, 5) is 30.4. The lowest BCUT2D eigenvalue weighted by molar-refractivity contribution is -0.118. The highest BCUT2D eigenvalue weighted by Crippen LogP contribution is 2.26. The van der Waals surface area contributed by atoms with Crippen LogP contribution in [0.3, 0.4) is 0 Å². The van der Waals surface area contributed by atoms with E-state index in [1.807, 2.05) is 68.5 Å². The van der Waals surface area contributed by atoms with Gasteiger partial charge in [-0.25, -0.2) is 9.38 Å². The monoisotopic (exact) mass is 533 g/mol. The number of hydrogen-bond donors (Lipinski definition) is 1. The molecule has 3 aromatic carbocycles. The molecule has 170 valence electrons. The van der Waals surface area contributed by atoms with E-state index in [9.17, 15) is 9.59 Å². The van der Waals surface area contributed by atoms with Crippen LogP contribution in [0.1, 0.15) is 16.7 Å².